The van der Waals surface area contributed by atoms with Crippen LogP contribution in [-0.4, -0.2) is 40.6 Å². The molecule has 0 spiro atoms. The molecule has 0 aliphatic rings. The molecule has 4 rings (SSSR count). The van der Waals surface area contributed by atoms with Gasteiger partial charge in [0, 0.05) is 30.6 Å². The van der Waals surface area contributed by atoms with Gasteiger partial charge in [-0.3, -0.25) is 24.6 Å². The fraction of sp³-hybridized carbons (Fsp3) is 0.105. The summed E-state index contributed by atoms with van der Waals surface area (Å²) in [7, 11) is 0. The second-order valence-electron chi connectivity index (χ2n) is 6.39. The Hall–Kier alpha value is -4.41. The van der Waals surface area contributed by atoms with E-state index in [9.17, 15) is 14.9 Å². The molecule has 0 unspecified atom stereocenters. The van der Waals surface area contributed by atoms with E-state index < -0.39 is 10.8 Å². The predicted molar refractivity (Wildman–Crippen MR) is 106 cm³/mol. The van der Waals surface area contributed by atoms with Crippen LogP contribution in [0.2, 0.25) is 0 Å². The molecule has 1 aromatic carbocycles. The number of carbonyl (C=O) groups is 1. The highest BCUT2D eigenvalue weighted by Gasteiger charge is 2.19. The van der Waals surface area contributed by atoms with Crippen LogP contribution < -0.4 is 5.32 Å². The van der Waals surface area contributed by atoms with Crippen molar-refractivity contribution in [2.24, 2.45) is 0 Å². The molecule has 11 heteroatoms. The van der Waals surface area contributed by atoms with E-state index in [1.807, 2.05) is 18.2 Å². The molecule has 1 amide bonds. The Balaban J connectivity index is 1.50. The number of hydrogen-bond donors (Lipinski definition) is 1. The summed E-state index contributed by atoms with van der Waals surface area (Å²) in [6, 6.07) is 13.2. The minimum Gasteiger partial charge on any atom is -0.304 e. The maximum Gasteiger partial charge on any atom is 0.279 e. The number of benzene rings is 1. The van der Waals surface area contributed by atoms with Crippen LogP contribution in [0, 0.1) is 17.0 Å². The third kappa shape index (κ3) is 3.90. The number of amides is 1. The fourth-order valence-electron chi connectivity index (χ4n) is 2.87. The third-order valence-corrected chi connectivity index (χ3v) is 4.33. The molecule has 11 nitrogen and oxygen atoms in total. The monoisotopic (exact) mass is 404 g/mol. The van der Waals surface area contributed by atoms with Crippen molar-refractivity contribution in [2.45, 2.75) is 13.5 Å². The fourth-order valence-corrected chi connectivity index (χ4v) is 2.87. The Morgan fingerprint density at radius 2 is 2.07 bits per heavy atom. The lowest BCUT2D eigenvalue weighted by Gasteiger charge is -2.04. The zero-order chi connectivity index (χ0) is 21.1. The lowest BCUT2D eigenvalue weighted by Crippen LogP contribution is -2.15. The van der Waals surface area contributed by atoms with Crippen LogP contribution in [0.1, 0.15) is 21.9 Å². The first-order valence-corrected chi connectivity index (χ1v) is 8.93. The second kappa shape index (κ2) is 7.91. The van der Waals surface area contributed by atoms with Crippen molar-refractivity contribution in [3.8, 4) is 5.69 Å². The van der Waals surface area contributed by atoms with E-state index in [2.05, 4.69) is 25.7 Å². The van der Waals surface area contributed by atoms with Gasteiger partial charge in [0.05, 0.1) is 28.5 Å². The number of nitrogens with one attached hydrogen (secondary N) is 1. The topological polar surface area (TPSA) is 134 Å². The summed E-state index contributed by atoms with van der Waals surface area (Å²) in [6.45, 7) is 2.13. The first-order chi connectivity index (χ1) is 14.5. The van der Waals surface area contributed by atoms with Gasteiger partial charge in [0.2, 0.25) is 0 Å². The van der Waals surface area contributed by atoms with Gasteiger partial charge in [-0.2, -0.15) is 5.10 Å². The van der Waals surface area contributed by atoms with Crippen LogP contribution in [0.3, 0.4) is 0 Å². The van der Waals surface area contributed by atoms with Crippen molar-refractivity contribution in [3.63, 3.8) is 0 Å². The van der Waals surface area contributed by atoms with Gasteiger partial charge in [-0.05, 0) is 25.1 Å². The number of hydrogen-bond acceptors (Lipinski definition) is 7. The number of nitrogens with zero attached hydrogens (tertiary/aromatic N) is 7. The summed E-state index contributed by atoms with van der Waals surface area (Å²) < 4.78 is 3.03. The number of pyridine rings is 1. The average Bonchev–Trinajstić information content (AvgIpc) is 3.35. The second-order valence-corrected chi connectivity index (χ2v) is 6.39. The Bertz CT molecular complexity index is 1220. The van der Waals surface area contributed by atoms with Crippen molar-refractivity contribution < 1.29 is 9.72 Å². The maximum absolute atomic E-state index is 12.6. The summed E-state index contributed by atoms with van der Waals surface area (Å²) in [6.07, 6.45) is 3.44. The number of nitro benzene ring substituents is 1. The molecule has 30 heavy (non-hydrogen) atoms. The van der Waals surface area contributed by atoms with Gasteiger partial charge in [0.25, 0.3) is 11.6 Å². The van der Waals surface area contributed by atoms with E-state index in [0.29, 0.717) is 23.7 Å². The van der Waals surface area contributed by atoms with Gasteiger partial charge >= 0.3 is 0 Å². The number of anilines is 1. The molecule has 0 saturated carbocycles. The van der Waals surface area contributed by atoms with Crippen molar-refractivity contribution in [1.82, 2.24) is 29.8 Å². The highest BCUT2D eigenvalue weighted by Crippen LogP contribution is 2.19. The van der Waals surface area contributed by atoms with Gasteiger partial charge in [0.15, 0.2) is 11.5 Å². The van der Waals surface area contributed by atoms with Gasteiger partial charge in [0.1, 0.15) is 0 Å². The highest BCUT2D eigenvalue weighted by atomic mass is 16.6. The summed E-state index contributed by atoms with van der Waals surface area (Å²) in [5.74, 6) is -0.118. The smallest absolute Gasteiger partial charge is 0.279 e. The first-order valence-electron chi connectivity index (χ1n) is 8.93. The number of aromatic nitrogens is 6. The SMILES string of the molecule is Cc1c(C(=O)Nc2ccn(Cc3ccccn3)n2)nnn1-c1cccc([N+](=O)[O-])c1. The van der Waals surface area contributed by atoms with Crippen LogP contribution in [0.25, 0.3) is 5.69 Å². The van der Waals surface area contributed by atoms with E-state index in [4.69, 9.17) is 0 Å². The summed E-state index contributed by atoms with van der Waals surface area (Å²) in [5, 5.41) is 25.9. The Kier molecular flexibility index (Phi) is 4.99. The lowest BCUT2D eigenvalue weighted by molar-refractivity contribution is -0.384. The average molecular weight is 404 g/mol. The number of nitro groups is 1. The molecule has 1 N–H and O–H groups in total. The molecular formula is C19H16N8O3. The van der Waals surface area contributed by atoms with E-state index in [0.717, 1.165) is 5.69 Å². The van der Waals surface area contributed by atoms with Crippen LogP contribution in [-0.2, 0) is 6.54 Å². The minimum absolute atomic E-state index is 0.0770. The molecule has 0 aliphatic carbocycles. The van der Waals surface area contributed by atoms with E-state index in [1.54, 1.807) is 42.2 Å². The van der Waals surface area contributed by atoms with Crippen molar-refractivity contribution in [2.75, 3.05) is 5.32 Å². The van der Waals surface area contributed by atoms with Crippen molar-refractivity contribution in [1.29, 1.82) is 0 Å². The van der Waals surface area contributed by atoms with E-state index in [-0.39, 0.29) is 11.4 Å². The van der Waals surface area contributed by atoms with Crippen molar-refractivity contribution in [3.05, 3.63) is 88.1 Å². The zero-order valence-electron chi connectivity index (χ0n) is 15.8. The highest BCUT2D eigenvalue weighted by molar-refractivity contribution is 6.03. The molecule has 4 aromatic rings. The first kappa shape index (κ1) is 18.9. The Morgan fingerprint density at radius 3 is 2.83 bits per heavy atom. The normalized spacial score (nSPS) is 10.7. The molecule has 0 radical (unpaired) electrons. The molecule has 0 saturated heterocycles. The van der Waals surface area contributed by atoms with Crippen LogP contribution in [0.15, 0.2) is 60.9 Å². The van der Waals surface area contributed by atoms with Gasteiger partial charge in [-0.25, -0.2) is 4.68 Å². The van der Waals surface area contributed by atoms with Gasteiger partial charge in [-0.1, -0.05) is 17.3 Å². The molecule has 0 bridgehead atoms. The zero-order valence-corrected chi connectivity index (χ0v) is 15.8. The third-order valence-electron chi connectivity index (χ3n) is 4.33. The molecule has 0 aliphatic heterocycles. The molecule has 3 aromatic heterocycles. The summed E-state index contributed by atoms with van der Waals surface area (Å²) >= 11 is 0. The summed E-state index contributed by atoms with van der Waals surface area (Å²) in [5.41, 5.74) is 1.75. The maximum atomic E-state index is 12.6. The number of rotatable bonds is 6. The van der Waals surface area contributed by atoms with Crippen LogP contribution in [0.4, 0.5) is 11.5 Å². The lowest BCUT2D eigenvalue weighted by atomic mass is 10.2. The number of non-ortho nitro benzene ring substituents is 1. The van der Waals surface area contributed by atoms with Crippen molar-refractivity contribution >= 4 is 17.4 Å². The van der Waals surface area contributed by atoms with Gasteiger partial charge in [-0.15, -0.1) is 5.10 Å². The van der Waals surface area contributed by atoms with E-state index >= 15 is 0 Å². The largest absolute Gasteiger partial charge is 0.304 e. The molecule has 0 fully saturated rings. The molecule has 0 atom stereocenters. The minimum atomic E-state index is -0.495. The predicted octanol–water partition coefficient (Wildman–Crippen LogP) is 2.38. The van der Waals surface area contributed by atoms with Crippen LogP contribution >= 0.6 is 0 Å². The number of carbonyl (C=O) groups excluding carboxylic acids is 1. The standard InChI is InChI=1S/C19H16N8O3/c1-13-18(22-24-26(13)15-6-4-7-16(11-15)27(29)30)19(28)21-17-8-10-25(23-17)12-14-5-2-3-9-20-14/h2-11H,12H2,1H3,(H,21,23,28). The molecular weight excluding hydrogens is 388 g/mol. The molecule has 150 valence electrons. The molecule has 3 heterocycles. The Labute approximate surface area is 170 Å². The van der Waals surface area contributed by atoms with Gasteiger partial charge < -0.3 is 5.32 Å². The summed E-state index contributed by atoms with van der Waals surface area (Å²) in [4.78, 5) is 27.4. The van der Waals surface area contributed by atoms with E-state index in [1.165, 1.54) is 16.8 Å². The quantitative estimate of drug-likeness (QED) is 0.385. The van der Waals surface area contributed by atoms with Crippen LogP contribution in [0.5, 0.6) is 0 Å². The Morgan fingerprint density at radius 1 is 1.20 bits per heavy atom.